The van der Waals surface area contributed by atoms with Gasteiger partial charge in [0, 0.05) is 25.0 Å². The molecule has 3 rings (SSSR count). The van der Waals surface area contributed by atoms with Gasteiger partial charge in [-0.3, -0.25) is 4.79 Å². The number of hydrogen-bond donors (Lipinski definition) is 1. The van der Waals surface area contributed by atoms with Crippen LogP contribution in [0.15, 0.2) is 42.6 Å². The minimum Gasteiger partial charge on any atom is -0.340 e. The van der Waals surface area contributed by atoms with Gasteiger partial charge in [0.05, 0.1) is 11.5 Å². The molecule has 0 bridgehead atoms. The first kappa shape index (κ1) is 16.4. The molecule has 0 spiro atoms. The summed E-state index contributed by atoms with van der Waals surface area (Å²) in [7, 11) is -1.24. The molecule has 126 valence electrons. The van der Waals surface area contributed by atoms with E-state index in [2.05, 4.69) is 15.3 Å². The first-order valence-electron chi connectivity index (χ1n) is 7.57. The third-order valence-electron chi connectivity index (χ3n) is 3.98. The Morgan fingerprint density at radius 3 is 2.67 bits per heavy atom. The van der Waals surface area contributed by atoms with Crippen LogP contribution >= 0.6 is 0 Å². The molecule has 7 nitrogen and oxygen atoms in total. The first-order valence-corrected chi connectivity index (χ1v) is 9.39. The number of carbonyl (C=O) groups is 1. The van der Waals surface area contributed by atoms with Crippen molar-refractivity contribution in [1.29, 1.82) is 0 Å². The van der Waals surface area contributed by atoms with Crippen molar-refractivity contribution in [3.8, 4) is 0 Å². The minimum atomic E-state index is -2.99. The van der Waals surface area contributed by atoms with Gasteiger partial charge in [-0.15, -0.1) is 0 Å². The number of hydrogen-bond acceptors (Lipinski definition) is 6. The van der Waals surface area contributed by atoms with Crippen LogP contribution in [0.5, 0.6) is 0 Å². The largest absolute Gasteiger partial charge is 0.340 e. The number of nitrogens with one attached hydrogen (secondary N) is 1. The van der Waals surface area contributed by atoms with Gasteiger partial charge in [0.15, 0.2) is 9.84 Å². The molecule has 1 saturated heterocycles. The second-order valence-electron chi connectivity index (χ2n) is 5.73. The van der Waals surface area contributed by atoms with Gasteiger partial charge in [-0.2, -0.15) is 0 Å². The quantitative estimate of drug-likeness (QED) is 0.898. The third kappa shape index (κ3) is 3.70. The number of sulfone groups is 1. The van der Waals surface area contributed by atoms with E-state index in [4.69, 9.17) is 0 Å². The smallest absolute Gasteiger partial charge is 0.274 e. The Kier molecular flexibility index (Phi) is 4.48. The summed E-state index contributed by atoms with van der Waals surface area (Å²) < 4.78 is 23.2. The summed E-state index contributed by atoms with van der Waals surface area (Å²) in [6, 6.07) is 10.5. The van der Waals surface area contributed by atoms with Crippen molar-refractivity contribution < 1.29 is 13.2 Å². The average molecular weight is 346 g/mol. The van der Waals surface area contributed by atoms with E-state index in [1.54, 1.807) is 24.1 Å². The fourth-order valence-corrected chi connectivity index (χ4v) is 4.38. The summed E-state index contributed by atoms with van der Waals surface area (Å²) >= 11 is 0. The lowest BCUT2D eigenvalue weighted by atomic mass is 10.2. The highest BCUT2D eigenvalue weighted by Gasteiger charge is 2.31. The maximum absolute atomic E-state index is 12.3. The molecule has 0 radical (unpaired) electrons. The molecular formula is C16H18N4O3S. The Balaban J connectivity index is 1.75. The summed E-state index contributed by atoms with van der Waals surface area (Å²) in [5, 5.41) is 2.76. The number of anilines is 2. The molecule has 1 aromatic heterocycles. The van der Waals surface area contributed by atoms with E-state index < -0.39 is 9.84 Å². The monoisotopic (exact) mass is 346 g/mol. The van der Waals surface area contributed by atoms with Crippen LogP contribution in [0.1, 0.15) is 16.9 Å². The second-order valence-corrected chi connectivity index (χ2v) is 7.96. The van der Waals surface area contributed by atoms with Gasteiger partial charge in [0.2, 0.25) is 5.95 Å². The zero-order valence-electron chi connectivity index (χ0n) is 13.2. The molecule has 1 fully saturated rings. The summed E-state index contributed by atoms with van der Waals surface area (Å²) in [6.45, 7) is 0. The van der Waals surface area contributed by atoms with Crippen LogP contribution in [0.25, 0.3) is 0 Å². The SMILES string of the molecule is CN(c1nccc(C(=O)Nc2ccccc2)n1)C1CCS(=O)(=O)C1. The first-order chi connectivity index (χ1) is 11.4. The number of benzene rings is 1. The van der Waals surface area contributed by atoms with Gasteiger partial charge < -0.3 is 10.2 Å². The number of carbonyl (C=O) groups excluding carboxylic acids is 1. The van der Waals surface area contributed by atoms with Crippen LogP contribution in [0.4, 0.5) is 11.6 Å². The lowest BCUT2D eigenvalue weighted by Crippen LogP contribution is -2.34. The van der Waals surface area contributed by atoms with Crippen LogP contribution in [-0.2, 0) is 9.84 Å². The van der Waals surface area contributed by atoms with Crippen molar-refractivity contribution in [1.82, 2.24) is 9.97 Å². The van der Waals surface area contributed by atoms with Crippen LogP contribution in [0, 0.1) is 0 Å². The van der Waals surface area contributed by atoms with E-state index in [9.17, 15) is 13.2 Å². The molecule has 24 heavy (non-hydrogen) atoms. The molecule has 1 N–H and O–H groups in total. The number of amides is 1. The second kappa shape index (κ2) is 6.56. The zero-order valence-corrected chi connectivity index (χ0v) is 14.0. The third-order valence-corrected chi connectivity index (χ3v) is 5.73. The summed E-state index contributed by atoms with van der Waals surface area (Å²) in [6.07, 6.45) is 2.05. The van der Waals surface area contributed by atoms with Crippen molar-refractivity contribution in [2.75, 3.05) is 28.8 Å². The summed E-state index contributed by atoms with van der Waals surface area (Å²) in [5.74, 6) is 0.277. The van der Waals surface area contributed by atoms with E-state index in [0.29, 0.717) is 18.1 Å². The topological polar surface area (TPSA) is 92.3 Å². The van der Waals surface area contributed by atoms with Crippen LogP contribution in [0.2, 0.25) is 0 Å². The van der Waals surface area contributed by atoms with E-state index in [1.165, 1.54) is 12.3 Å². The molecule has 1 unspecified atom stereocenters. The lowest BCUT2D eigenvalue weighted by Gasteiger charge is -2.23. The molecular weight excluding hydrogens is 328 g/mol. The molecule has 2 heterocycles. The van der Waals surface area contributed by atoms with Gasteiger partial charge >= 0.3 is 0 Å². The molecule has 1 aliphatic heterocycles. The maximum Gasteiger partial charge on any atom is 0.274 e. The molecule has 1 atom stereocenters. The number of para-hydroxylation sites is 1. The highest BCUT2D eigenvalue weighted by Crippen LogP contribution is 2.20. The predicted molar refractivity (Wildman–Crippen MR) is 91.9 cm³/mol. The van der Waals surface area contributed by atoms with E-state index in [1.807, 2.05) is 18.2 Å². The van der Waals surface area contributed by atoms with Gasteiger partial charge in [0.1, 0.15) is 5.69 Å². The van der Waals surface area contributed by atoms with Crippen molar-refractivity contribution in [3.63, 3.8) is 0 Å². The molecule has 8 heteroatoms. The molecule has 0 saturated carbocycles. The fraction of sp³-hybridized carbons (Fsp3) is 0.312. The van der Waals surface area contributed by atoms with Gasteiger partial charge in [-0.05, 0) is 24.6 Å². The Morgan fingerprint density at radius 2 is 2.00 bits per heavy atom. The highest BCUT2D eigenvalue weighted by atomic mass is 32.2. The van der Waals surface area contributed by atoms with Gasteiger partial charge in [0.25, 0.3) is 5.91 Å². The fourth-order valence-electron chi connectivity index (χ4n) is 2.61. The van der Waals surface area contributed by atoms with Crippen molar-refractivity contribution in [2.45, 2.75) is 12.5 Å². The molecule has 1 aromatic carbocycles. The lowest BCUT2D eigenvalue weighted by molar-refractivity contribution is 0.102. The van der Waals surface area contributed by atoms with E-state index >= 15 is 0 Å². The Labute approximate surface area is 140 Å². The van der Waals surface area contributed by atoms with Crippen LogP contribution in [-0.4, -0.2) is 48.9 Å². The normalized spacial score (nSPS) is 19.0. The average Bonchev–Trinajstić information content (AvgIpc) is 2.95. The molecule has 1 aliphatic rings. The Hall–Kier alpha value is -2.48. The zero-order chi connectivity index (χ0) is 17.2. The maximum atomic E-state index is 12.3. The van der Waals surface area contributed by atoms with Crippen molar-refractivity contribution in [2.24, 2.45) is 0 Å². The molecule has 1 amide bonds. The van der Waals surface area contributed by atoms with E-state index in [-0.39, 0.29) is 29.1 Å². The predicted octanol–water partition coefficient (Wildman–Crippen LogP) is 1.35. The molecule has 0 aliphatic carbocycles. The van der Waals surface area contributed by atoms with Gasteiger partial charge in [-0.1, -0.05) is 18.2 Å². The summed E-state index contributed by atoms with van der Waals surface area (Å²) in [5.41, 5.74) is 0.912. The number of aromatic nitrogens is 2. The summed E-state index contributed by atoms with van der Waals surface area (Å²) in [4.78, 5) is 22.5. The van der Waals surface area contributed by atoms with Crippen molar-refractivity contribution in [3.05, 3.63) is 48.3 Å². The standard InChI is InChI=1S/C16H18N4O3S/c1-20(13-8-10-24(22,23)11-13)16-17-9-7-14(19-16)15(21)18-12-5-3-2-4-6-12/h2-7,9,13H,8,10-11H2,1H3,(H,18,21). The minimum absolute atomic E-state index is 0.0906. The van der Waals surface area contributed by atoms with Crippen LogP contribution < -0.4 is 10.2 Å². The Bertz CT molecular complexity index is 839. The highest BCUT2D eigenvalue weighted by molar-refractivity contribution is 7.91. The molecule has 2 aromatic rings. The van der Waals surface area contributed by atoms with Gasteiger partial charge in [-0.25, -0.2) is 18.4 Å². The van der Waals surface area contributed by atoms with Crippen molar-refractivity contribution >= 4 is 27.4 Å². The Morgan fingerprint density at radius 1 is 1.25 bits per heavy atom. The van der Waals surface area contributed by atoms with Crippen LogP contribution in [0.3, 0.4) is 0 Å². The van der Waals surface area contributed by atoms with E-state index in [0.717, 1.165) is 0 Å². The number of rotatable bonds is 4. The number of nitrogens with zero attached hydrogens (tertiary/aromatic N) is 3.